The molecule has 0 unspecified atom stereocenters. The number of furan rings is 2. The minimum absolute atomic E-state index is 0.671. The van der Waals surface area contributed by atoms with Crippen LogP contribution in [0.3, 0.4) is 0 Å². The quantitative estimate of drug-likeness (QED) is 0.176. The van der Waals surface area contributed by atoms with Gasteiger partial charge in [0.25, 0.3) is 0 Å². The van der Waals surface area contributed by atoms with Crippen molar-refractivity contribution in [2.75, 3.05) is 0 Å². The molecule has 0 amide bonds. The second-order valence-corrected chi connectivity index (χ2v) is 15.5. The van der Waals surface area contributed by atoms with E-state index in [0.29, 0.717) is 5.82 Å². The normalized spacial score (nSPS) is 11.9. The Morgan fingerprint density at radius 2 is 0.895 bits per heavy atom. The molecule has 4 heterocycles. The van der Waals surface area contributed by atoms with Gasteiger partial charge in [0, 0.05) is 48.1 Å². The van der Waals surface area contributed by atoms with Crippen molar-refractivity contribution in [3.63, 3.8) is 0 Å². The van der Waals surface area contributed by atoms with E-state index in [4.69, 9.17) is 18.8 Å². The van der Waals surface area contributed by atoms with E-state index < -0.39 is 0 Å². The van der Waals surface area contributed by atoms with Crippen molar-refractivity contribution < 1.29 is 8.83 Å². The van der Waals surface area contributed by atoms with E-state index in [1.54, 1.807) is 11.3 Å². The van der Waals surface area contributed by atoms with Crippen molar-refractivity contribution in [2.24, 2.45) is 0 Å². The zero-order valence-corrected chi connectivity index (χ0v) is 31.3. The Kier molecular flexibility index (Phi) is 7.06. The van der Waals surface area contributed by atoms with E-state index in [9.17, 15) is 0 Å². The van der Waals surface area contributed by atoms with Gasteiger partial charge in [-0.3, -0.25) is 0 Å². The topological polar surface area (TPSA) is 52.1 Å². The first-order valence-corrected chi connectivity index (χ1v) is 19.9. The highest BCUT2D eigenvalue weighted by atomic mass is 32.1. The summed E-state index contributed by atoms with van der Waals surface area (Å²) in [6.45, 7) is 0. The second-order valence-electron chi connectivity index (χ2n) is 14.5. The van der Waals surface area contributed by atoms with Crippen LogP contribution in [-0.2, 0) is 0 Å². The van der Waals surface area contributed by atoms with Crippen molar-refractivity contribution in [3.05, 3.63) is 182 Å². The molecular formula is C52H30N2O2S. The van der Waals surface area contributed by atoms with Crippen LogP contribution in [0.4, 0.5) is 0 Å². The third-order valence-electron chi connectivity index (χ3n) is 11.1. The molecule has 266 valence electrons. The lowest BCUT2D eigenvalue weighted by Gasteiger charge is -2.10. The summed E-state index contributed by atoms with van der Waals surface area (Å²) in [5.41, 5.74) is 13.2. The van der Waals surface area contributed by atoms with Gasteiger partial charge in [0.2, 0.25) is 0 Å². The largest absolute Gasteiger partial charge is 0.456 e. The fourth-order valence-electron chi connectivity index (χ4n) is 8.36. The Labute approximate surface area is 330 Å². The van der Waals surface area contributed by atoms with Gasteiger partial charge in [-0.1, -0.05) is 133 Å². The van der Waals surface area contributed by atoms with E-state index in [-0.39, 0.29) is 0 Å². The van der Waals surface area contributed by atoms with Crippen LogP contribution in [0.25, 0.3) is 120 Å². The first kappa shape index (κ1) is 32.0. The molecule has 57 heavy (non-hydrogen) atoms. The van der Waals surface area contributed by atoms with E-state index in [0.717, 1.165) is 93.0 Å². The smallest absolute Gasteiger partial charge is 0.162 e. The van der Waals surface area contributed by atoms with Gasteiger partial charge in [0.15, 0.2) is 5.82 Å². The molecule has 0 aliphatic rings. The number of aromatic nitrogens is 2. The number of nitrogens with zero attached hydrogens (tertiary/aromatic N) is 2. The van der Waals surface area contributed by atoms with E-state index in [1.807, 2.05) is 24.3 Å². The van der Waals surface area contributed by atoms with Gasteiger partial charge in [-0.05, 0) is 81.9 Å². The van der Waals surface area contributed by atoms with Gasteiger partial charge in [0.1, 0.15) is 27.2 Å². The minimum atomic E-state index is 0.671. The van der Waals surface area contributed by atoms with Crippen molar-refractivity contribution >= 4 is 75.5 Å². The summed E-state index contributed by atoms with van der Waals surface area (Å²) >= 11 is 1.71. The lowest BCUT2D eigenvalue weighted by Crippen LogP contribution is -1.94. The Balaban J connectivity index is 1.06. The molecule has 8 aromatic carbocycles. The summed E-state index contributed by atoms with van der Waals surface area (Å²) in [4.78, 5) is 11.8. The highest BCUT2D eigenvalue weighted by molar-refractivity contribution is 7.25. The van der Waals surface area contributed by atoms with Gasteiger partial charge >= 0.3 is 0 Å². The fraction of sp³-hybridized carbons (Fsp3) is 0. The molecule has 0 atom stereocenters. The standard InChI is InChI=1S/C52H30N2O2S/c1-3-10-31(11-4-1)33-18-20-34(21-19-33)50-49-42-30-35(32-12-5-2-6-13-32)24-27-47(42)57-52(49)54-51(53-50)39-15-9-17-46-48(39)41-29-37(23-26-45(41)56-46)36-22-25-44-40(28-36)38-14-7-8-16-43(38)55-44/h1-30H. The number of hydrogen-bond donors (Lipinski definition) is 0. The zero-order chi connectivity index (χ0) is 37.5. The first-order valence-electron chi connectivity index (χ1n) is 19.0. The lowest BCUT2D eigenvalue weighted by molar-refractivity contribution is 0.668. The summed E-state index contributed by atoms with van der Waals surface area (Å²) < 4.78 is 13.8. The van der Waals surface area contributed by atoms with Crippen molar-refractivity contribution in [2.45, 2.75) is 0 Å². The molecule has 12 aromatic rings. The predicted molar refractivity (Wildman–Crippen MR) is 237 cm³/mol. The fourth-order valence-corrected chi connectivity index (χ4v) is 9.42. The SMILES string of the molecule is c1ccc(-c2ccc(-c3nc(-c4cccc5oc6ccc(-c7ccc8oc9ccccc9c8c7)cc6c45)nc4sc5ccc(-c6ccccc6)cc5c34)cc2)cc1. The average molecular weight is 747 g/mol. The van der Waals surface area contributed by atoms with Gasteiger partial charge in [-0.15, -0.1) is 11.3 Å². The van der Waals surface area contributed by atoms with E-state index in [2.05, 4.69) is 158 Å². The van der Waals surface area contributed by atoms with Crippen LogP contribution in [0.5, 0.6) is 0 Å². The third-order valence-corrected chi connectivity index (χ3v) is 12.2. The van der Waals surface area contributed by atoms with Crippen LogP contribution in [-0.4, -0.2) is 9.97 Å². The predicted octanol–water partition coefficient (Wildman–Crippen LogP) is 15.0. The monoisotopic (exact) mass is 746 g/mol. The first-order chi connectivity index (χ1) is 28.2. The molecule has 12 rings (SSSR count). The second kappa shape index (κ2) is 12.6. The van der Waals surface area contributed by atoms with Gasteiger partial charge in [0.05, 0.1) is 5.69 Å². The Morgan fingerprint density at radius 3 is 1.68 bits per heavy atom. The van der Waals surface area contributed by atoms with Crippen LogP contribution in [0.15, 0.2) is 191 Å². The van der Waals surface area contributed by atoms with Crippen LogP contribution in [0, 0.1) is 0 Å². The maximum Gasteiger partial charge on any atom is 0.162 e. The average Bonchev–Trinajstić information content (AvgIpc) is 3.97. The number of benzene rings is 8. The molecule has 4 aromatic heterocycles. The number of para-hydroxylation sites is 1. The van der Waals surface area contributed by atoms with Crippen molar-refractivity contribution in [1.82, 2.24) is 9.97 Å². The molecule has 0 radical (unpaired) electrons. The molecule has 0 aliphatic heterocycles. The summed E-state index contributed by atoms with van der Waals surface area (Å²) in [7, 11) is 0. The van der Waals surface area contributed by atoms with Crippen LogP contribution >= 0.6 is 11.3 Å². The number of thiophene rings is 1. The highest BCUT2D eigenvalue weighted by Gasteiger charge is 2.21. The lowest BCUT2D eigenvalue weighted by atomic mass is 9.98. The van der Waals surface area contributed by atoms with Gasteiger partial charge in [-0.2, -0.15) is 0 Å². The molecule has 0 aliphatic carbocycles. The van der Waals surface area contributed by atoms with Crippen LogP contribution in [0.2, 0.25) is 0 Å². The number of hydrogen-bond acceptors (Lipinski definition) is 5. The molecule has 0 saturated heterocycles. The van der Waals surface area contributed by atoms with Crippen LogP contribution < -0.4 is 0 Å². The summed E-state index contributed by atoms with van der Waals surface area (Å²) in [6, 6.07) is 63.8. The Hall–Kier alpha value is -7.34. The summed E-state index contributed by atoms with van der Waals surface area (Å²) in [6.07, 6.45) is 0. The maximum atomic E-state index is 6.51. The Morgan fingerprint density at radius 1 is 0.351 bits per heavy atom. The molecule has 5 heteroatoms. The summed E-state index contributed by atoms with van der Waals surface area (Å²) in [5, 5.41) is 6.47. The molecule has 0 fully saturated rings. The number of fused-ring (bicyclic) bond motifs is 9. The zero-order valence-electron chi connectivity index (χ0n) is 30.4. The van der Waals surface area contributed by atoms with Crippen molar-refractivity contribution in [1.29, 1.82) is 0 Å². The molecular weight excluding hydrogens is 717 g/mol. The Bertz CT molecular complexity index is 3510. The maximum absolute atomic E-state index is 6.51. The molecule has 4 nitrogen and oxygen atoms in total. The molecule has 0 saturated carbocycles. The number of rotatable bonds is 5. The highest BCUT2D eigenvalue weighted by Crippen LogP contribution is 2.44. The minimum Gasteiger partial charge on any atom is -0.456 e. The van der Waals surface area contributed by atoms with E-state index in [1.165, 1.54) is 21.4 Å². The molecule has 0 spiro atoms. The third kappa shape index (κ3) is 5.21. The van der Waals surface area contributed by atoms with Crippen LogP contribution in [0.1, 0.15) is 0 Å². The van der Waals surface area contributed by atoms with Crippen molar-refractivity contribution in [3.8, 4) is 56.0 Å². The molecule has 0 bridgehead atoms. The van der Waals surface area contributed by atoms with E-state index >= 15 is 0 Å². The molecule has 0 N–H and O–H groups in total. The summed E-state index contributed by atoms with van der Waals surface area (Å²) in [5.74, 6) is 0.671. The van der Waals surface area contributed by atoms with Gasteiger partial charge < -0.3 is 8.83 Å². The van der Waals surface area contributed by atoms with Gasteiger partial charge in [-0.25, -0.2) is 9.97 Å².